The summed E-state index contributed by atoms with van der Waals surface area (Å²) in [6, 6.07) is 7.58. The zero-order chi connectivity index (χ0) is 14.1. The van der Waals surface area contributed by atoms with Crippen molar-refractivity contribution in [1.82, 2.24) is 14.1 Å². The number of aromatic nitrogens is 3. The van der Waals surface area contributed by atoms with Gasteiger partial charge < -0.3 is 9.30 Å². The fourth-order valence-corrected chi connectivity index (χ4v) is 2.24. The summed E-state index contributed by atoms with van der Waals surface area (Å²) in [5, 5.41) is 1.000. The summed E-state index contributed by atoms with van der Waals surface area (Å²) in [7, 11) is 1.61. The highest BCUT2D eigenvalue weighted by molar-refractivity contribution is 5.81. The quantitative estimate of drug-likeness (QED) is 0.733. The third-order valence-electron chi connectivity index (χ3n) is 3.25. The van der Waals surface area contributed by atoms with Gasteiger partial charge in [-0.3, -0.25) is 4.57 Å². The molecular weight excluding hydrogens is 264 g/mol. The van der Waals surface area contributed by atoms with E-state index in [2.05, 4.69) is 4.98 Å². The Morgan fingerprint density at radius 3 is 2.85 bits per heavy atom. The summed E-state index contributed by atoms with van der Waals surface area (Å²) < 4.78 is 33.5. The lowest BCUT2D eigenvalue weighted by molar-refractivity contribution is 0.0667. The van der Waals surface area contributed by atoms with Gasteiger partial charge in [0.1, 0.15) is 11.6 Å². The molecule has 0 atom stereocenters. The van der Waals surface area contributed by atoms with E-state index in [-0.39, 0.29) is 0 Å². The maximum Gasteiger partial charge on any atom is 0.319 e. The molecule has 2 aromatic heterocycles. The van der Waals surface area contributed by atoms with Gasteiger partial charge in [-0.1, -0.05) is 0 Å². The Hall–Kier alpha value is -2.37. The number of methoxy groups -OCH3 is 1. The molecule has 2 heterocycles. The van der Waals surface area contributed by atoms with Crippen LogP contribution < -0.4 is 4.74 Å². The van der Waals surface area contributed by atoms with Gasteiger partial charge in [0, 0.05) is 29.5 Å². The summed E-state index contributed by atoms with van der Waals surface area (Å²) in [6.07, 6.45) is 4.53. The van der Waals surface area contributed by atoms with Crippen molar-refractivity contribution in [3.8, 4) is 5.75 Å². The molecule has 20 heavy (non-hydrogen) atoms. The van der Waals surface area contributed by atoms with E-state index >= 15 is 0 Å². The van der Waals surface area contributed by atoms with Gasteiger partial charge in [-0.25, -0.2) is 4.98 Å². The molecule has 0 aliphatic rings. The summed E-state index contributed by atoms with van der Waals surface area (Å²) in [5.74, 6) is 1.10. The van der Waals surface area contributed by atoms with Crippen molar-refractivity contribution >= 4 is 10.9 Å². The maximum absolute atomic E-state index is 12.8. The molecule has 6 heteroatoms. The zero-order valence-electron chi connectivity index (χ0n) is 10.8. The Kier molecular flexibility index (Phi) is 3.14. The smallest absolute Gasteiger partial charge is 0.319 e. The molecule has 0 fully saturated rings. The van der Waals surface area contributed by atoms with Gasteiger partial charge in [-0.05, 0) is 24.3 Å². The highest BCUT2D eigenvalue weighted by Gasteiger charge is 2.12. The number of hydrogen-bond donors (Lipinski definition) is 0. The Balaban J connectivity index is 1.97. The van der Waals surface area contributed by atoms with E-state index in [1.54, 1.807) is 7.11 Å². The van der Waals surface area contributed by atoms with Crippen LogP contribution >= 0.6 is 0 Å². The van der Waals surface area contributed by atoms with Gasteiger partial charge in [0.25, 0.3) is 0 Å². The number of fused-ring (bicyclic) bond motifs is 1. The van der Waals surface area contributed by atoms with Gasteiger partial charge in [0.2, 0.25) is 0 Å². The summed E-state index contributed by atoms with van der Waals surface area (Å²) in [5.41, 5.74) is 0.953. The Bertz CT molecular complexity index is 733. The standard InChI is InChI=1S/C14H13F2N3O/c1-20-11-2-3-12-10(8-11)4-6-18(12)9-13-17-5-7-19(13)14(15)16/h2-8,14H,9H2,1H3. The Labute approximate surface area is 114 Å². The van der Waals surface area contributed by atoms with E-state index < -0.39 is 6.55 Å². The highest BCUT2D eigenvalue weighted by Crippen LogP contribution is 2.23. The van der Waals surface area contributed by atoms with E-state index in [1.165, 1.54) is 12.4 Å². The third-order valence-corrected chi connectivity index (χ3v) is 3.25. The molecule has 0 aliphatic carbocycles. The average Bonchev–Trinajstić information content (AvgIpc) is 3.06. The lowest BCUT2D eigenvalue weighted by Crippen LogP contribution is -2.08. The number of ether oxygens (including phenoxy) is 1. The zero-order valence-corrected chi connectivity index (χ0v) is 10.8. The molecule has 0 saturated heterocycles. The second-order valence-corrected chi connectivity index (χ2v) is 4.40. The Morgan fingerprint density at radius 2 is 2.10 bits per heavy atom. The molecule has 0 radical (unpaired) electrons. The molecule has 0 saturated carbocycles. The van der Waals surface area contributed by atoms with Gasteiger partial charge in [0.15, 0.2) is 0 Å². The molecule has 0 aliphatic heterocycles. The van der Waals surface area contributed by atoms with Crippen LogP contribution in [0, 0.1) is 0 Å². The molecule has 3 rings (SSSR count). The first kappa shape index (κ1) is 12.7. The predicted molar refractivity (Wildman–Crippen MR) is 71.1 cm³/mol. The minimum absolute atomic E-state index is 0.299. The predicted octanol–water partition coefficient (Wildman–Crippen LogP) is 3.29. The number of benzene rings is 1. The van der Waals surface area contributed by atoms with Crippen molar-refractivity contribution in [3.05, 3.63) is 48.7 Å². The summed E-state index contributed by atoms with van der Waals surface area (Å²) >= 11 is 0. The van der Waals surface area contributed by atoms with E-state index in [0.717, 1.165) is 21.2 Å². The molecule has 104 valence electrons. The number of halogens is 2. The minimum Gasteiger partial charge on any atom is -0.497 e. The molecule has 0 amide bonds. The van der Waals surface area contributed by atoms with Crippen molar-refractivity contribution in [2.24, 2.45) is 0 Å². The topological polar surface area (TPSA) is 32.0 Å². The third kappa shape index (κ3) is 2.13. The van der Waals surface area contributed by atoms with E-state index in [4.69, 9.17) is 4.74 Å². The fraction of sp³-hybridized carbons (Fsp3) is 0.214. The summed E-state index contributed by atoms with van der Waals surface area (Å²) in [6.45, 7) is -2.28. The normalized spacial score (nSPS) is 11.4. The average molecular weight is 277 g/mol. The first-order valence-electron chi connectivity index (χ1n) is 6.12. The molecule has 3 aromatic rings. The number of imidazole rings is 1. The molecule has 4 nitrogen and oxygen atoms in total. The maximum atomic E-state index is 12.8. The SMILES string of the molecule is COc1ccc2c(ccn2Cc2nccn2C(F)F)c1. The molecule has 0 spiro atoms. The van der Waals surface area contributed by atoms with E-state index in [1.807, 2.05) is 35.0 Å². The van der Waals surface area contributed by atoms with Gasteiger partial charge in [-0.15, -0.1) is 0 Å². The molecule has 1 aromatic carbocycles. The van der Waals surface area contributed by atoms with Crippen LogP contribution in [0.25, 0.3) is 10.9 Å². The minimum atomic E-state index is -2.57. The second kappa shape index (κ2) is 4.96. The lowest BCUT2D eigenvalue weighted by Gasteiger charge is -2.08. The van der Waals surface area contributed by atoms with Crippen LogP contribution in [0.5, 0.6) is 5.75 Å². The first-order chi connectivity index (χ1) is 9.69. The monoisotopic (exact) mass is 277 g/mol. The Morgan fingerprint density at radius 1 is 1.25 bits per heavy atom. The van der Waals surface area contributed by atoms with Crippen LogP contribution in [0.3, 0.4) is 0 Å². The number of alkyl halides is 2. The van der Waals surface area contributed by atoms with E-state index in [0.29, 0.717) is 12.4 Å². The largest absolute Gasteiger partial charge is 0.497 e. The van der Waals surface area contributed by atoms with Crippen molar-refractivity contribution in [2.75, 3.05) is 7.11 Å². The second-order valence-electron chi connectivity index (χ2n) is 4.40. The number of rotatable bonds is 4. The van der Waals surface area contributed by atoms with Crippen LogP contribution in [-0.2, 0) is 6.54 Å². The molecular formula is C14H13F2N3O. The van der Waals surface area contributed by atoms with Crippen molar-refractivity contribution < 1.29 is 13.5 Å². The number of hydrogen-bond acceptors (Lipinski definition) is 2. The van der Waals surface area contributed by atoms with Crippen molar-refractivity contribution in [1.29, 1.82) is 0 Å². The van der Waals surface area contributed by atoms with Gasteiger partial charge >= 0.3 is 6.55 Å². The van der Waals surface area contributed by atoms with Crippen LogP contribution in [0.2, 0.25) is 0 Å². The highest BCUT2D eigenvalue weighted by atomic mass is 19.3. The van der Waals surface area contributed by atoms with Crippen LogP contribution in [0.15, 0.2) is 42.9 Å². The fourth-order valence-electron chi connectivity index (χ4n) is 2.24. The van der Waals surface area contributed by atoms with Crippen molar-refractivity contribution in [3.63, 3.8) is 0 Å². The molecule has 0 unspecified atom stereocenters. The van der Waals surface area contributed by atoms with E-state index in [9.17, 15) is 8.78 Å². The van der Waals surface area contributed by atoms with Crippen LogP contribution in [0.4, 0.5) is 8.78 Å². The molecule has 0 N–H and O–H groups in total. The van der Waals surface area contributed by atoms with Crippen molar-refractivity contribution in [2.45, 2.75) is 13.1 Å². The van der Waals surface area contributed by atoms with Gasteiger partial charge in [-0.2, -0.15) is 8.78 Å². The number of nitrogens with zero attached hydrogens (tertiary/aromatic N) is 3. The first-order valence-corrected chi connectivity index (χ1v) is 6.12. The summed E-state index contributed by atoms with van der Waals surface area (Å²) in [4.78, 5) is 3.99. The lowest BCUT2D eigenvalue weighted by atomic mass is 10.2. The van der Waals surface area contributed by atoms with Gasteiger partial charge in [0.05, 0.1) is 13.7 Å². The molecule has 0 bridgehead atoms. The van der Waals surface area contributed by atoms with Crippen LogP contribution in [0.1, 0.15) is 12.4 Å². The van der Waals surface area contributed by atoms with Crippen LogP contribution in [-0.4, -0.2) is 21.2 Å².